The largest absolute Gasteiger partial charge is 0.342 e. The fourth-order valence-corrected chi connectivity index (χ4v) is 13.3. The smallest absolute Gasteiger partial charge is 0.201 e. The van der Waals surface area contributed by atoms with Crippen LogP contribution in [0, 0.1) is 0 Å². The molecular weight excluding hydrogens is 805 g/mol. The third kappa shape index (κ3) is 5.73. The molecule has 332 valence electrons. The highest BCUT2D eigenvalue weighted by Gasteiger charge is 2.53. The lowest BCUT2D eigenvalue weighted by Gasteiger charge is -2.42. The van der Waals surface area contributed by atoms with Crippen molar-refractivity contribution < 1.29 is 0 Å². The van der Waals surface area contributed by atoms with E-state index in [2.05, 4.69) is 112 Å². The molecule has 4 saturated heterocycles. The van der Waals surface area contributed by atoms with Crippen molar-refractivity contribution in [2.75, 3.05) is 124 Å². The van der Waals surface area contributed by atoms with E-state index in [0.29, 0.717) is 0 Å². The molecule has 0 bridgehead atoms. The quantitative estimate of drug-likeness (QED) is 0.186. The predicted octanol–water partition coefficient (Wildman–Crippen LogP) is 7.12. The first kappa shape index (κ1) is 38.3. The first-order chi connectivity index (χ1) is 32.2. The number of fused-ring (bicyclic) bond motifs is 14. The minimum absolute atomic E-state index is 0.575. The molecule has 0 radical (unpaired) electrons. The van der Waals surface area contributed by atoms with Gasteiger partial charge in [-0.3, -0.25) is 20.0 Å². The zero-order valence-corrected chi connectivity index (χ0v) is 37.8. The van der Waals surface area contributed by atoms with Crippen molar-refractivity contribution in [2.24, 2.45) is 20.0 Å². The van der Waals surface area contributed by atoms with Gasteiger partial charge >= 0.3 is 0 Å². The normalized spacial score (nSPS) is 22.8. The number of hydrogen-bond acceptors (Lipinski definition) is 12. The van der Waals surface area contributed by atoms with Gasteiger partial charge in [-0.1, -0.05) is 24.3 Å². The third-order valence-electron chi connectivity index (χ3n) is 16.1. The van der Waals surface area contributed by atoms with Crippen molar-refractivity contribution in [1.82, 2.24) is 19.6 Å². The molecule has 12 nitrogen and oxygen atoms in total. The highest BCUT2D eigenvalue weighted by atomic mass is 15.4. The van der Waals surface area contributed by atoms with Crippen LogP contribution in [0.25, 0.3) is 22.3 Å². The van der Waals surface area contributed by atoms with Crippen LogP contribution in [0.1, 0.15) is 73.6 Å². The van der Waals surface area contributed by atoms with Gasteiger partial charge in [-0.2, -0.15) is 0 Å². The van der Waals surface area contributed by atoms with Crippen LogP contribution in [0.2, 0.25) is 0 Å². The molecule has 0 N–H and O–H groups in total. The summed E-state index contributed by atoms with van der Waals surface area (Å²) in [5.41, 5.74) is 15.3. The Morgan fingerprint density at radius 3 is 0.800 bits per heavy atom. The number of rotatable bonds is 4. The van der Waals surface area contributed by atoms with Crippen LogP contribution in [-0.2, 0) is 5.41 Å². The Labute approximate surface area is 383 Å². The number of hydrogen-bond donors (Lipinski definition) is 0. The molecule has 10 aliphatic rings. The first-order valence-electron chi connectivity index (χ1n) is 25.1. The van der Waals surface area contributed by atoms with Gasteiger partial charge in [0, 0.05) is 127 Å². The summed E-state index contributed by atoms with van der Waals surface area (Å²) in [5.74, 6) is 4.61. The molecule has 0 saturated carbocycles. The second kappa shape index (κ2) is 15.0. The molecule has 0 atom stereocenters. The first-order valence-corrected chi connectivity index (χ1v) is 25.1. The molecule has 12 heteroatoms. The number of benzene rings is 4. The van der Waals surface area contributed by atoms with E-state index in [1.54, 1.807) is 0 Å². The van der Waals surface area contributed by atoms with Gasteiger partial charge in [0.1, 0.15) is 0 Å². The van der Waals surface area contributed by atoms with E-state index >= 15 is 0 Å². The monoisotopic (exact) mass is 865 g/mol. The van der Waals surface area contributed by atoms with E-state index in [0.717, 1.165) is 180 Å². The summed E-state index contributed by atoms with van der Waals surface area (Å²) in [6.45, 7) is 16.2. The van der Waals surface area contributed by atoms with E-state index in [4.69, 9.17) is 20.0 Å². The highest BCUT2D eigenvalue weighted by molar-refractivity contribution is 6.05. The number of anilines is 4. The minimum Gasteiger partial charge on any atom is -0.342 e. The molecule has 14 rings (SSSR count). The molecule has 1 spiro atoms. The third-order valence-corrected chi connectivity index (χ3v) is 16.1. The number of guanidine groups is 4. The minimum atomic E-state index is -0.575. The zero-order valence-electron chi connectivity index (χ0n) is 37.8. The Hall–Kier alpha value is -6.04. The van der Waals surface area contributed by atoms with Crippen LogP contribution < -0.4 is 19.6 Å². The zero-order chi connectivity index (χ0) is 42.6. The summed E-state index contributed by atoms with van der Waals surface area (Å²) in [7, 11) is 0. The van der Waals surface area contributed by atoms with Gasteiger partial charge in [-0.25, -0.2) is 0 Å². The maximum Gasteiger partial charge on any atom is 0.201 e. The molecule has 0 unspecified atom stereocenters. The Balaban J connectivity index is 1.02. The maximum absolute atomic E-state index is 5.20. The van der Waals surface area contributed by atoms with E-state index in [1.165, 1.54) is 67.3 Å². The van der Waals surface area contributed by atoms with Crippen LogP contribution in [0.3, 0.4) is 0 Å². The van der Waals surface area contributed by atoms with Crippen molar-refractivity contribution in [2.45, 2.75) is 56.8 Å². The summed E-state index contributed by atoms with van der Waals surface area (Å²) in [4.78, 5) is 41.0. The van der Waals surface area contributed by atoms with Gasteiger partial charge in [0.05, 0.1) is 5.41 Å². The van der Waals surface area contributed by atoms with Crippen LogP contribution in [0.4, 0.5) is 22.7 Å². The number of nitrogens with zero attached hydrogens (tertiary/aromatic N) is 12. The average Bonchev–Trinajstić information content (AvgIpc) is 3.83. The van der Waals surface area contributed by atoms with Crippen LogP contribution in [0.15, 0.2) is 92.8 Å². The standard InChI is InChI=1S/C53H60N12/c1-17-54-49-58(21-1)25-5-29-62(49)37-9-13-41-42-14-10-38(63-30-6-26-59-22-2-18-55-50(59)63)34-46(42)53(45(41)33-37)47-35-39(64-31-7-27-60-23-3-19-56-51(60)64)11-15-43(47)44-16-12-40(36-48(44)53)65-32-8-28-61-24-4-20-57-52(61)65/h9-16,33-36H,1-8,17-32H2. The lowest BCUT2D eigenvalue weighted by Crippen LogP contribution is -2.52. The second-order valence-electron chi connectivity index (χ2n) is 19.8. The Morgan fingerprint density at radius 1 is 0.292 bits per heavy atom. The summed E-state index contributed by atoms with van der Waals surface area (Å²) in [6, 6.07) is 29.8. The van der Waals surface area contributed by atoms with Gasteiger partial charge in [0.25, 0.3) is 0 Å². The van der Waals surface area contributed by atoms with E-state index < -0.39 is 5.41 Å². The second-order valence-corrected chi connectivity index (χ2v) is 19.8. The Kier molecular flexibility index (Phi) is 8.83. The molecule has 4 aromatic carbocycles. The van der Waals surface area contributed by atoms with Gasteiger partial charge in [-0.05, 0) is 144 Å². The molecule has 0 amide bonds. The highest BCUT2D eigenvalue weighted by Crippen LogP contribution is 2.64. The Morgan fingerprint density at radius 2 is 0.538 bits per heavy atom. The lowest BCUT2D eigenvalue weighted by atomic mass is 9.70. The van der Waals surface area contributed by atoms with Crippen molar-refractivity contribution >= 4 is 46.6 Å². The van der Waals surface area contributed by atoms with Crippen LogP contribution in [0.5, 0.6) is 0 Å². The van der Waals surface area contributed by atoms with Gasteiger partial charge in [-0.15, -0.1) is 0 Å². The van der Waals surface area contributed by atoms with E-state index in [1.807, 2.05) is 0 Å². The van der Waals surface area contributed by atoms with Crippen molar-refractivity contribution in [1.29, 1.82) is 0 Å². The topological polar surface area (TPSA) is 75.4 Å². The SMILES string of the molecule is c1cc2c(cc1N1CCCN3CCCN=C31)C1(c3cc(N4CCCN5CCCN=C54)ccc3-2)c2cc(N3CCCN4CCCN=C43)ccc2-c2ccc(N3CCCN4CCCN=C43)cc21. The van der Waals surface area contributed by atoms with Crippen molar-refractivity contribution in [3.8, 4) is 22.3 Å². The molecule has 65 heavy (non-hydrogen) atoms. The maximum atomic E-state index is 5.20. The summed E-state index contributed by atoms with van der Waals surface area (Å²) >= 11 is 0. The fourth-order valence-electron chi connectivity index (χ4n) is 13.3. The van der Waals surface area contributed by atoms with Crippen LogP contribution >= 0.6 is 0 Å². The summed E-state index contributed by atoms with van der Waals surface area (Å²) < 4.78 is 0. The summed E-state index contributed by atoms with van der Waals surface area (Å²) in [6.07, 6.45) is 9.05. The molecule has 8 aliphatic heterocycles. The van der Waals surface area contributed by atoms with Crippen LogP contribution in [-0.4, -0.2) is 148 Å². The van der Waals surface area contributed by atoms with Gasteiger partial charge in [0.2, 0.25) is 23.8 Å². The Bertz CT molecular complexity index is 2360. The fraction of sp³-hybridized carbons (Fsp3) is 0.472. The molecule has 2 aliphatic carbocycles. The molecular formula is C53H60N12. The molecule has 8 heterocycles. The van der Waals surface area contributed by atoms with E-state index in [-0.39, 0.29) is 0 Å². The van der Waals surface area contributed by atoms with Gasteiger partial charge < -0.3 is 39.2 Å². The van der Waals surface area contributed by atoms with E-state index in [9.17, 15) is 0 Å². The lowest BCUT2D eigenvalue weighted by molar-refractivity contribution is 0.360. The molecule has 0 aromatic heterocycles. The average molecular weight is 865 g/mol. The number of aliphatic imine (C=N–C) groups is 4. The van der Waals surface area contributed by atoms with Crippen molar-refractivity contribution in [3.63, 3.8) is 0 Å². The van der Waals surface area contributed by atoms with Gasteiger partial charge in [0.15, 0.2) is 0 Å². The summed E-state index contributed by atoms with van der Waals surface area (Å²) in [5, 5.41) is 0. The molecule has 4 fully saturated rings. The van der Waals surface area contributed by atoms with Crippen molar-refractivity contribution in [3.05, 3.63) is 95.1 Å². The predicted molar refractivity (Wildman–Crippen MR) is 265 cm³/mol. The molecule has 4 aromatic rings.